The number of rotatable bonds is 7. The first kappa shape index (κ1) is 30.2. The third-order valence-electron chi connectivity index (χ3n) is 8.47. The van der Waals surface area contributed by atoms with Gasteiger partial charge in [0.2, 0.25) is 0 Å². The van der Waals surface area contributed by atoms with Crippen LogP contribution in [0.4, 0.5) is 0 Å². The summed E-state index contributed by atoms with van der Waals surface area (Å²) in [6.07, 6.45) is 3.64. The predicted molar refractivity (Wildman–Crippen MR) is 198 cm³/mol. The molecule has 0 spiro atoms. The highest BCUT2D eigenvalue weighted by Crippen LogP contribution is 2.32. The zero-order chi connectivity index (χ0) is 33.7. The fourth-order valence-corrected chi connectivity index (χ4v) is 5.83. The molecule has 0 bridgehead atoms. The fourth-order valence-electron chi connectivity index (χ4n) is 5.83. The summed E-state index contributed by atoms with van der Waals surface area (Å²) in [7, 11) is 0. The molecule has 234 valence electrons. The normalized spacial score (nSPS) is 10.8. The number of nitriles is 1. The fraction of sp³-hybridized carbons (Fsp3) is 0. The highest BCUT2D eigenvalue weighted by atomic mass is 14.9. The maximum atomic E-state index is 9.27. The molecular formula is C44H28N6. The second-order valence-electron chi connectivity index (χ2n) is 11.7. The van der Waals surface area contributed by atoms with Crippen molar-refractivity contribution in [3.8, 4) is 85.0 Å². The van der Waals surface area contributed by atoms with Crippen LogP contribution in [0.5, 0.6) is 0 Å². The van der Waals surface area contributed by atoms with Crippen LogP contribution >= 0.6 is 0 Å². The monoisotopic (exact) mass is 640 g/mol. The number of nitrogens with zero attached hydrogens (tertiary/aromatic N) is 6. The van der Waals surface area contributed by atoms with Gasteiger partial charge in [0.15, 0.2) is 5.82 Å². The van der Waals surface area contributed by atoms with Gasteiger partial charge in [-0.3, -0.25) is 9.97 Å². The number of aromatic nitrogens is 5. The van der Waals surface area contributed by atoms with Crippen LogP contribution in [0, 0.1) is 11.3 Å². The molecule has 4 aromatic heterocycles. The van der Waals surface area contributed by atoms with Gasteiger partial charge in [-0.25, -0.2) is 15.0 Å². The van der Waals surface area contributed by atoms with Crippen molar-refractivity contribution >= 4 is 0 Å². The van der Waals surface area contributed by atoms with E-state index >= 15 is 0 Å². The third kappa shape index (κ3) is 6.40. The average molecular weight is 641 g/mol. The number of pyridine rings is 3. The molecule has 0 amide bonds. The molecule has 0 aliphatic heterocycles. The molecule has 50 heavy (non-hydrogen) atoms. The van der Waals surface area contributed by atoms with Gasteiger partial charge >= 0.3 is 0 Å². The molecule has 0 saturated carbocycles. The van der Waals surface area contributed by atoms with E-state index in [2.05, 4.69) is 65.7 Å². The van der Waals surface area contributed by atoms with Gasteiger partial charge in [0.25, 0.3) is 0 Å². The maximum Gasteiger partial charge on any atom is 0.160 e. The first-order chi connectivity index (χ1) is 24.7. The Bertz CT molecular complexity index is 2380. The molecule has 8 aromatic rings. The largest absolute Gasteiger partial charge is 0.255 e. The smallest absolute Gasteiger partial charge is 0.160 e. The van der Waals surface area contributed by atoms with Gasteiger partial charge in [-0.15, -0.1) is 0 Å². The lowest BCUT2D eigenvalue weighted by Gasteiger charge is -2.11. The van der Waals surface area contributed by atoms with E-state index in [1.165, 1.54) is 0 Å². The van der Waals surface area contributed by atoms with E-state index in [-0.39, 0.29) is 0 Å². The van der Waals surface area contributed by atoms with Gasteiger partial charge in [0, 0.05) is 34.6 Å². The van der Waals surface area contributed by atoms with E-state index in [9.17, 15) is 5.26 Å². The molecule has 0 radical (unpaired) electrons. The van der Waals surface area contributed by atoms with Gasteiger partial charge < -0.3 is 0 Å². The van der Waals surface area contributed by atoms with Crippen LogP contribution in [-0.4, -0.2) is 24.9 Å². The first-order valence-corrected chi connectivity index (χ1v) is 16.2. The van der Waals surface area contributed by atoms with Crippen LogP contribution < -0.4 is 0 Å². The molecule has 0 aliphatic carbocycles. The molecule has 6 heteroatoms. The molecule has 0 saturated heterocycles. The molecule has 0 aliphatic rings. The highest BCUT2D eigenvalue weighted by Gasteiger charge is 2.13. The number of hydrogen-bond donors (Lipinski definition) is 0. The Morgan fingerprint density at radius 2 is 0.900 bits per heavy atom. The summed E-state index contributed by atoms with van der Waals surface area (Å²) in [4.78, 5) is 24.3. The average Bonchev–Trinajstić information content (AvgIpc) is 3.21. The SMILES string of the molecule is N#Cc1ccc(-c2cc(-c3ccccn3)nc(-c3ccc(-c4ccc(-c5nc(-c6ccccc6)cc(-c6ccccc6)n5)cc4)cn3)c2)cc1. The number of benzene rings is 4. The van der Waals surface area contributed by atoms with Crippen molar-refractivity contribution in [3.63, 3.8) is 0 Å². The van der Waals surface area contributed by atoms with Crippen molar-refractivity contribution in [1.82, 2.24) is 24.9 Å². The van der Waals surface area contributed by atoms with E-state index in [0.717, 1.165) is 73.1 Å². The van der Waals surface area contributed by atoms with Crippen LogP contribution in [0.2, 0.25) is 0 Å². The van der Waals surface area contributed by atoms with E-state index in [0.29, 0.717) is 11.4 Å². The van der Waals surface area contributed by atoms with Gasteiger partial charge in [-0.1, -0.05) is 109 Å². The highest BCUT2D eigenvalue weighted by molar-refractivity contribution is 5.77. The van der Waals surface area contributed by atoms with Gasteiger partial charge in [-0.2, -0.15) is 5.26 Å². The number of hydrogen-bond acceptors (Lipinski definition) is 6. The van der Waals surface area contributed by atoms with Gasteiger partial charge in [0.05, 0.1) is 45.8 Å². The minimum Gasteiger partial charge on any atom is -0.255 e. The Morgan fingerprint density at radius 1 is 0.360 bits per heavy atom. The Morgan fingerprint density at radius 3 is 1.46 bits per heavy atom. The standard InChI is InChI=1S/C44H28N6/c45-28-30-14-16-32(17-15-30)37-25-42(38-13-7-8-24-46-38)48-43(26-37)39-23-22-36(29-47-39)31-18-20-35(21-19-31)44-49-40(33-9-3-1-4-10-33)27-41(50-44)34-11-5-2-6-12-34/h1-27,29H. The van der Waals surface area contributed by atoms with Crippen LogP contribution in [0.1, 0.15) is 5.56 Å². The lowest BCUT2D eigenvalue weighted by Crippen LogP contribution is -1.96. The summed E-state index contributed by atoms with van der Waals surface area (Å²) < 4.78 is 0. The summed E-state index contributed by atoms with van der Waals surface area (Å²) in [5.41, 5.74) is 12.3. The summed E-state index contributed by atoms with van der Waals surface area (Å²) in [6, 6.07) is 54.3. The minimum atomic E-state index is 0.614. The maximum absolute atomic E-state index is 9.27. The Kier molecular flexibility index (Phi) is 8.20. The molecule has 4 heterocycles. The topological polar surface area (TPSA) is 88.2 Å². The molecule has 6 nitrogen and oxygen atoms in total. The summed E-state index contributed by atoms with van der Waals surface area (Å²) in [5, 5.41) is 9.27. The zero-order valence-corrected chi connectivity index (χ0v) is 26.8. The van der Waals surface area contributed by atoms with E-state index in [4.69, 9.17) is 19.9 Å². The molecular weight excluding hydrogens is 613 g/mol. The Balaban J connectivity index is 1.11. The van der Waals surface area contributed by atoms with E-state index < -0.39 is 0 Å². The first-order valence-electron chi connectivity index (χ1n) is 16.2. The van der Waals surface area contributed by atoms with Crippen LogP contribution in [-0.2, 0) is 0 Å². The molecule has 0 N–H and O–H groups in total. The van der Waals surface area contributed by atoms with Crippen molar-refractivity contribution in [3.05, 3.63) is 176 Å². The van der Waals surface area contributed by atoms with Gasteiger partial charge in [0.1, 0.15) is 0 Å². The second kappa shape index (κ2) is 13.6. The molecule has 0 fully saturated rings. The van der Waals surface area contributed by atoms with E-state index in [1.54, 1.807) is 6.20 Å². The second-order valence-corrected chi connectivity index (χ2v) is 11.7. The summed E-state index contributed by atoms with van der Waals surface area (Å²) in [5.74, 6) is 0.669. The van der Waals surface area contributed by atoms with Gasteiger partial charge in [-0.05, 0) is 65.2 Å². The van der Waals surface area contributed by atoms with Crippen molar-refractivity contribution in [1.29, 1.82) is 5.26 Å². The van der Waals surface area contributed by atoms with Crippen molar-refractivity contribution in [2.24, 2.45) is 0 Å². The van der Waals surface area contributed by atoms with Crippen LogP contribution in [0.25, 0.3) is 78.9 Å². The third-order valence-corrected chi connectivity index (χ3v) is 8.47. The van der Waals surface area contributed by atoms with Crippen LogP contribution in [0.15, 0.2) is 170 Å². The Labute approximate surface area is 290 Å². The predicted octanol–water partition coefficient (Wildman–Crippen LogP) is 10.2. The minimum absolute atomic E-state index is 0.614. The molecule has 0 unspecified atom stereocenters. The quantitative estimate of drug-likeness (QED) is 0.172. The van der Waals surface area contributed by atoms with Crippen molar-refractivity contribution < 1.29 is 0 Å². The molecule has 0 atom stereocenters. The Hall–Kier alpha value is -7.10. The molecule has 8 rings (SSSR count). The van der Waals surface area contributed by atoms with Crippen LogP contribution in [0.3, 0.4) is 0 Å². The van der Waals surface area contributed by atoms with E-state index in [1.807, 2.05) is 109 Å². The lowest BCUT2D eigenvalue weighted by molar-refractivity contribution is 1.18. The lowest BCUT2D eigenvalue weighted by atomic mass is 10.0. The summed E-state index contributed by atoms with van der Waals surface area (Å²) in [6.45, 7) is 0. The zero-order valence-electron chi connectivity index (χ0n) is 26.8. The van der Waals surface area contributed by atoms with Crippen molar-refractivity contribution in [2.75, 3.05) is 0 Å². The molecule has 4 aromatic carbocycles. The van der Waals surface area contributed by atoms with Crippen molar-refractivity contribution in [2.45, 2.75) is 0 Å². The summed E-state index contributed by atoms with van der Waals surface area (Å²) >= 11 is 0.